The molecule has 0 rings (SSSR count). The molecular weight excluding hydrogens is 204 g/mol. The predicted octanol–water partition coefficient (Wildman–Crippen LogP) is -0.665. The van der Waals surface area contributed by atoms with Gasteiger partial charge in [-0.05, 0) is 40.2 Å². The zero-order valence-corrected chi connectivity index (χ0v) is 10.8. The minimum Gasteiger partial charge on any atom is -0.354 e. The quantitative estimate of drug-likeness (QED) is 0.552. The van der Waals surface area contributed by atoms with E-state index in [4.69, 9.17) is 5.73 Å². The van der Waals surface area contributed by atoms with Gasteiger partial charge in [-0.3, -0.25) is 9.69 Å². The second kappa shape index (κ2) is 9.57. The highest BCUT2D eigenvalue weighted by molar-refractivity contribution is 5.77. The van der Waals surface area contributed by atoms with Gasteiger partial charge in [-0.2, -0.15) is 0 Å². The Morgan fingerprint density at radius 2 is 2.00 bits per heavy atom. The molecule has 0 unspecified atom stereocenters. The summed E-state index contributed by atoms with van der Waals surface area (Å²) >= 11 is 0. The number of rotatable bonds is 9. The standard InChI is InChI=1S/C11H26N4O/c1-4-15(9-5-8-14(2)3)10-11(16)13-7-6-12/h4-10,12H2,1-3H3,(H,13,16). The second-order valence-electron chi connectivity index (χ2n) is 4.16. The van der Waals surface area contributed by atoms with Crippen LogP contribution in [-0.4, -0.2) is 69.1 Å². The lowest BCUT2D eigenvalue weighted by atomic mass is 10.3. The van der Waals surface area contributed by atoms with Gasteiger partial charge in [0.15, 0.2) is 0 Å². The van der Waals surface area contributed by atoms with Crippen molar-refractivity contribution in [1.29, 1.82) is 0 Å². The van der Waals surface area contributed by atoms with E-state index in [2.05, 4.69) is 36.1 Å². The molecule has 0 fully saturated rings. The van der Waals surface area contributed by atoms with Crippen molar-refractivity contribution >= 4 is 5.91 Å². The third-order valence-corrected chi connectivity index (χ3v) is 2.36. The highest BCUT2D eigenvalue weighted by atomic mass is 16.2. The van der Waals surface area contributed by atoms with Crippen LogP contribution in [0.3, 0.4) is 0 Å². The Kier molecular flexibility index (Phi) is 9.18. The first kappa shape index (κ1) is 15.3. The number of hydrogen-bond acceptors (Lipinski definition) is 4. The third-order valence-electron chi connectivity index (χ3n) is 2.36. The number of hydrogen-bond donors (Lipinski definition) is 2. The van der Waals surface area contributed by atoms with Crippen LogP contribution in [0.4, 0.5) is 0 Å². The summed E-state index contributed by atoms with van der Waals surface area (Å²) in [7, 11) is 4.12. The van der Waals surface area contributed by atoms with Crippen LogP contribution < -0.4 is 11.1 Å². The fourth-order valence-corrected chi connectivity index (χ4v) is 1.43. The molecule has 0 aromatic rings. The van der Waals surface area contributed by atoms with E-state index in [9.17, 15) is 4.79 Å². The molecule has 5 heteroatoms. The number of nitrogens with one attached hydrogen (secondary N) is 1. The molecule has 0 atom stereocenters. The molecule has 0 aliphatic heterocycles. The number of nitrogens with zero attached hydrogens (tertiary/aromatic N) is 2. The van der Waals surface area contributed by atoms with Gasteiger partial charge in [0, 0.05) is 13.1 Å². The molecule has 1 amide bonds. The maximum atomic E-state index is 11.4. The Bertz CT molecular complexity index is 185. The van der Waals surface area contributed by atoms with Crippen LogP contribution in [0.5, 0.6) is 0 Å². The van der Waals surface area contributed by atoms with Gasteiger partial charge >= 0.3 is 0 Å². The summed E-state index contributed by atoms with van der Waals surface area (Å²) < 4.78 is 0. The molecule has 0 aromatic heterocycles. The fraction of sp³-hybridized carbons (Fsp3) is 0.909. The summed E-state index contributed by atoms with van der Waals surface area (Å²) in [5.74, 6) is 0.0668. The minimum atomic E-state index is 0.0668. The molecule has 0 aliphatic carbocycles. The molecule has 0 aliphatic rings. The lowest BCUT2D eigenvalue weighted by molar-refractivity contribution is -0.122. The van der Waals surface area contributed by atoms with Crippen molar-refractivity contribution < 1.29 is 4.79 Å². The molecule has 16 heavy (non-hydrogen) atoms. The number of carbonyl (C=O) groups excluding carboxylic acids is 1. The predicted molar refractivity (Wildman–Crippen MR) is 67.3 cm³/mol. The van der Waals surface area contributed by atoms with Gasteiger partial charge in [0.1, 0.15) is 0 Å². The molecule has 0 radical (unpaired) electrons. The Hall–Kier alpha value is -0.650. The largest absolute Gasteiger partial charge is 0.354 e. The van der Waals surface area contributed by atoms with Gasteiger partial charge in [-0.15, -0.1) is 0 Å². The number of amides is 1. The van der Waals surface area contributed by atoms with Gasteiger partial charge < -0.3 is 16.0 Å². The van der Waals surface area contributed by atoms with E-state index in [1.165, 1.54) is 0 Å². The van der Waals surface area contributed by atoms with Gasteiger partial charge in [-0.1, -0.05) is 6.92 Å². The van der Waals surface area contributed by atoms with E-state index in [-0.39, 0.29) is 5.91 Å². The molecule has 3 N–H and O–H groups in total. The van der Waals surface area contributed by atoms with Crippen LogP contribution in [0, 0.1) is 0 Å². The first-order valence-corrected chi connectivity index (χ1v) is 5.94. The van der Waals surface area contributed by atoms with Gasteiger partial charge in [0.05, 0.1) is 6.54 Å². The SMILES string of the molecule is CCN(CCCN(C)C)CC(=O)NCCN. The minimum absolute atomic E-state index is 0.0668. The third kappa shape index (κ3) is 8.64. The molecule has 0 saturated carbocycles. The molecule has 96 valence electrons. The molecular formula is C11H26N4O. The summed E-state index contributed by atoms with van der Waals surface area (Å²) in [6.07, 6.45) is 1.09. The molecule has 0 saturated heterocycles. The zero-order valence-electron chi connectivity index (χ0n) is 10.8. The van der Waals surface area contributed by atoms with Crippen LogP contribution in [0.15, 0.2) is 0 Å². The smallest absolute Gasteiger partial charge is 0.234 e. The van der Waals surface area contributed by atoms with Crippen molar-refractivity contribution in [3.63, 3.8) is 0 Å². The lowest BCUT2D eigenvalue weighted by Crippen LogP contribution is -2.39. The van der Waals surface area contributed by atoms with Crippen LogP contribution in [0.2, 0.25) is 0 Å². The van der Waals surface area contributed by atoms with Crippen molar-refractivity contribution in [3.05, 3.63) is 0 Å². The Morgan fingerprint density at radius 1 is 1.31 bits per heavy atom. The number of likely N-dealkylation sites (N-methyl/N-ethyl adjacent to an activating group) is 1. The molecule has 0 bridgehead atoms. The zero-order chi connectivity index (χ0) is 12.4. The van der Waals surface area contributed by atoms with E-state index in [1.807, 2.05) is 0 Å². The normalized spacial score (nSPS) is 11.1. The summed E-state index contributed by atoms with van der Waals surface area (Å²) in [6.45, 7) is 6.54. The molecule has 0 spiro atoms. The fourth-order valence-electron chi connectivity index (χ4n) is 1.43. The highest BCUT2D eigenvalue weighted by Gasteiger charge is 2.07. The van der Waals surface area contributed by atoms with Gasteiger partial charge in [-0.25, -0.2) is 0 Å². The first-order chi connectivity index (χ1) is 7.60. The topological polar surface area (TPSA) is 61.6 Å². The lowest BCUT2D eigenvalue weighted by Gasteiger charge is -2.20. The first-order valence-electron chi connectivity index (χ1n) is 5.94. The van der Waals surface area contributed by atoms with Crippen molar-refractivity contribution in [2.24, 2.45) is 5.73 Å². The maximum Gasteiger partial charge on any atom is 0.234 e. The van der Waals surface area contributed by atoms with Gasteiger partial charge in [0.25, 0.3) is 0 Å². The molecule has 5 nitrogen and oxygen atoms in total. The average Bonchev–Trinajstić information content (AvgIpc) is 2.24. The van der Waals surface area contributed by atoms with E-state index in [0.717, 1.165) is 26.1 Å². The van der Waals surface area contributed by atoms with E-state index in [0.29, 0.717) is 19.6 Å². The van der Waals surface area contributed by atoms with Gasteiger partial charge in [0.2, 0.25) is 5.91 Å². The van der Waals surface area contributed by atoms with Crippen molar-refractivity contribution in [2.75, 3.05) is 53.4 Å². The van der Waals surface area contributed by atoms with Crippen molar-refractivity contribution in [2.45, 2.75) is 13.3 Å². The number of carbonyl (C=O) groups is 1. The van der Waals surface area contributed by atoms with Crippen LogP contribution in [-0.2, 0) is 4.79 Å². The highest BCUT2D eigenvalue weighted by Crippen LogP contribution is 1.92. The van der Waals surface area contributed by atoms with Crippen molar-refractivity contribution in [1.82, 2.24) is 15.1 Å². The summed E-state index contributed by atoms with van der Waals surface area (Å²) in [5, 5.41) is 2.78. The molecule has 0 aromatic carbocycles. The maximum absolute atomic E-state index is 11.4. The summed E-state index contributed by atoms with van der Waals surface area (Å²) in [6, 6.07) is 0. The van der Waals surface area contributed by atoms with E-state index < -0.39 is 0 Å². The summed E-state index contributed by atoms with van der Waals surface area (Å²) in [4.78, 5) is 15.8. The Morgan fingerprint density at radius 3 is 2.50 bits per heavy atom. The van der Waals surface area contributed by atoms with Crippen LogP contribution in [0.25, 0.3) is 0 Å². The average molecular weight is 230 g/mol. The Balaban J connectivity index is 3.68. The monoisotopic (exact) mass is 230 g/mol. The van der Waals surface area contributed by atoms with Crippen LogP contribution >= 0.6 is 0 Å². The number of nitrogens with two attached hydrogens (primary N) is 1. The summed E-state index contributed by atoms with van der Waals surface area (Å²) in [5.41, 5.74) is 5.32. The van der Waals surface area contributed by atoms with E-state index in [1.54, 1.807) is 0 Å². The second-order valence-corrected chi connectivity index (χ2v) is 4.16. The Labute approximate surface area is 99.0 Å². The van der Waals surface area contributed by atoms with E-state index >= 15 is 0 Å². The van der Waals surface area contributed by atoms with Crippen LogP contribution in [0.1, 0.15) is 13.3 Å². The molecule has 0 heterocycles. The van der Waals surface area contributed by atoms with Crippen molar-refractivity contribution in [3.8, 4) is 0 Å².